The first-order valence-corrected chi connectivity index (χ1v) is 9.25. The van der Waals surface area contributed by atoms with Gasteiger partial charge in [0.05, 0.1) is 15.7 Å². The molecule has 0 spiro atoms. The Labute approximate surface area is 140 Å². The van der Waals surface area contributed by atoms with Crippen LogP contribution in [0.4, 0.5) is 11.5 Å². The van der Waals surface area contributed by atoms with Gasteiger partial charge in [0, 0.05) is 32.2 Å². The Bertz CT molecular complexity index is 689. The second-order valence-corrected chi connectivity index (χ2v) is 8.12. The van der Waals surface area contributed by atoms with Gasteiger partial charge in [0.2, 0.25) is 10.0 Å². The van der Waals surface area contributed by atoms with E-state index >= 15 is 0 Å². The van der Waals surface area contributed by atoms with Crippen LogP contribution in [0.15, 0.2) is 12.3 Å². The van der Waals surface area contributed by atoms with Gasteiger partial charge in [-0.05, 0) is 19.8 Å². The molecule has 0 saturated carbocycles. The molecule has 0 radical (unpaired) electrons. The van der Waals surface area contributed by atoms with Crippen molar-refractivity contribution in [1.82, 2.24) is 9.29 Å². The normalized spacial score (nSPS) is 16.8. The Morgan fingerprint density at radius 3 is 2.57 bits per heavy atom. The standard InChI is InChI=1S/C13H19ClN4O4S/c1-3-23(21,22)16(2)10-4-6-17(7-5-10)13-12(14)8-11(9-15-13)18(19)20/h8-10H,3-7H2,1-2H3. The second-order valence-electron chi connectivity index (χ2n) is 5.39. The van der Waals surface area contributed by atoms with Crippen LogP contribution in [0, 0.1) is 10.1 Å². The van der Waals surface area contributed by atoms with Gasteiger partial charge in [0.25, 0.3) is 5.69 Å². The fourth-order valence-electron chi connectivity index (χ4n) is 2.63. The van der Waals surface area contributed by atoms with Gasteiger partial charge in [-0.2, -0.15) is 0 Å². The van der Waals surface area contributed by atoms with Crippen molar-refractivity contribution in [3.63, 3.8) is 0 Å². The number of rotatable bonds is 5. The molecule has 23 heavy (non-hydrogen) atoms. The van der Waals surface area contributed by atoms with E-state index in [4.69, 9.17) is 11.6 Å². The average molecular weight is 363 g/mol. The second kappa shape index (κ2) is 6.98. The minimum Gasteiger partial charge on any atom is -0.355 e. The Balaban J connectivity index is 2.06. The van der Waals surface area contributed by atoms with Gasteiger partial charge >= 0.3 is 0 Å². The number of nitro groups is 1. The Kier molecular flexibility index (Phi) is 5.43. The maximum atomic E-state index is 11.9. The molecule has 0 atom stereocenters. The van der Waals surface area contributed by atoms with Crippen LogP contribution < -0.4 is 4.90 Å². The Morgan fingerprint density at radius 1 is 1.48 bits per heavy atom. The summed E-state index contributed by atoms with van der Waals surface area (Å²) in [6, 6.07) is 1.23. The number of sulfonamides is 1. The minimum atomic E-state index is -3.21. The number of hydrogen-bond acceptors (Lipinski definition) is 6. The zero-order valence-corrected chi connectivity index (χ0v) is 14.5. The minimum absolute atomic E-state index is 0.0481. The molecule has 8 nitrogen and oxygen atoms in total. The summed E-state index contributed by atoms with van der Waals surface area (Å²) in [5.74, 6) is 0.580. The van der Waals surface area contributed by atoms with E-state index in [1.165, 1.54) is 16.6 Å². The highest BCUT2D eigenvalue weighted by molar-refractivity contribution is 7.89. The molecular weight excluding hydrogens is 344 g/mol. The van der Waals surface area contributed by atoms with Crippen molar-refractivity contribution in [3.8, 4) is 0 Å². The number of piperidine rings is 1. The van der Waals surface area contributed by atoms with Crippen LogP contribution in [0.25, 0.3) is 0 Å². The number of anilines is 1. The van der Waals surface area contributed by atoms with Gasteiger partial charge in [-0.15, -0.1) is 0 Å². The zero-order chi connectivity index (χ0) is 17.2. The highest BCUT2D eigenvalue weighted by Gasteiger charge is 2.29. The molecular formula is C13H19ClN4O4S. The summed E-state index contributed by atoms with van der Waals surface area (Å²) in [6.07, 6.45) is 2.50. The number of hydrogen-bond donors (Lipinski definition) is 0. The largest absolute Gasteiger partial charge is 0.355 e. The van der Waals surface area contributed by atoms with Crippen molar-refractivity contribution in [2.75, 3.05) is 30.8 Å². The molecule has 0 unspecified atom stereocenters. The Hall–Kier alpha value is -1.45. The van der Waals surface area contributed by atoms with Gasteiger partial charge in [0.1, 0.15) is 12.0 Å². The van der Waals surface area contributed by atoms with Crippen molar-refractivity contribution in [2.45, 2.75) is 25.8 Å². The van der Waals surface area contributed by atoms with Crippen LogP contribution in [-0.4, -0.2) is 54.6 Å². The molecule has 1 aromatic rings. The van der Waals surface area contributed by atoms with Crippen molar-refractivity contribution >= 4 is 33.1 Å². The lowest BCUT2D eigenvalue weighted by Crippen LogP contribution is -2.46. The SMILES string of the molecule is CCS(=O)(=O)N(C)C1CCN(c2ncc([N+](=O)[O-])cc2Cl)CC1. The van der Waals surface area contributed by atoms with Crippen molar-refractivity contribution in [3.05, 3.63) is 27.4 Å². The molecule has 1 saturated heterocycles. The number of halogens is 1. The smallest absolute Gasteiger partial charge is 0.289 e. The summed E-state index contributed by atoms with van der Waals surface area (Å²) < 4.78 is 25.3. The molecule has 10 heteroatoms. The van der Waals surface area contributed by atoms with E-state index in [9.17, 15) is 18.5 Å². The van der Waals surface area contributed by atoms with Crippen LogP contribution in [-0.2, 0) is 10.0 Å². The summed E-state index contributed by atoms with van der Waals surface area (Å²) in [7, 11) is -1.60. The van der Waals surface area contributed by atoms with Crippen molar-refractivity contribution in [2.24, 2.45) is 0 Å². The highest BCUT2D eigenvalue weighted by Crippen LogP contribution is 2.30. The van der Waals surface area contributed by atoms with E-state index in [0.29, 0.717) is 31.7 Å². The molecule has 1 aliphatic rings. The summed E-state index contributed by atoms with van der Waals surface area (Å²) in [5.41, 5.74) is -0.151. The van der Waals surface area contributed by atoms with E-state index in [2.05, 4.69) is 4.98 Å². The van der Waals surface area contributed by atoms with Crippen LogP contribution in [0.5, 0.6) is 0 Å². The summed E-state index contributed by atoms with van der Waals surface area (Å²) in [6.45, 7) is 2.82. The molecule has 0 N–H and O–H groups in total. The fraction of sp³-hybridized carbons (Fsp3) is 0.615. The van der Waals surface area contributed by atoms with Crippen molar-refractivity contribution < 1.29 is 13.3 Å². The molecule has 0 aliphatic carbocycles. The Morgan fingerprint density at radius 2 is 2.09 bits per heavy atom. The van der Waals surface area contributed by atoms with Gasteiger partial charge < -0.3 is 4.90 Å². The van der Waals surface area contributed by atoms with E-state index < -0.39 is 14.9 Å². The summed E-state index contributed by atoms with van der Waals surface area (Å²) in [4.78, 5) is 16.2. The fourth-order valence-corrected chi connectivity index (χ4v) is 3.98. The van der Waals surface area contributed by atoms with Crippen LogP contribution in [0.3, 0.4) is 0 Å². The molecule has 0 amide bonds. The number of nitrogens with zero attached hydrogens (tertiary/aromatic N) is 4. The van der Waals surface area contributed by atoms with Crippen LogP contribution in [0.1, 0.15) is 19.8 Å². The third kappa shape index (κ3) is 3.91. The lowest BCUT2D eigenvalue weighted by atomic mass is 10.1. The summed E-state index contributed by atoms with van der Waals surface area (Å²) in [5, 5.41) is 10.9. The van der Waals surface area contributed by atoms with Crippen LogP contribution >= 0.6 is 11.6 Å². The maximum Gasteiger partial charge on any atom is 0.289 e. The average Bonchev–Trinajstić information content (AvgIpc) is 2.54. The molecule has 1 aromatic heterocycles. The molecule has 2 rings (SSSR count). The first-order valence-electron chi connectivity index (χ1n) is 7.27. The first kappa shape index (κ1) is 17.9. The predicted molar refractivity (Wildman–Crippen MR) is 88.4 cm³/mol. The molecule has 128 valence electrons. The van der Waals surface area contributed by atoms with E-state index in [1.54, 1.807) is 14.0 Å². The number of pyridine rings is 1. The lowest BCUT2D eigenvalue weighted by molar-refractivity contribution is -0.385. The van der Waals surface area contributed by atoms with Gasteiger partial charge in [0.15, 0.2) is 0 Å². The van der Waals surface area contributed by atoms with E-state index in [0.717, 1.165) is 0 Å². The van der Waals surface area contributed by atoms with E-state index in [-0.39, 0.29) is 22.5 Å². The molecule has 0 aromatic carbocycles. The topological polar surface area (TPSA) is 96.7 Å². The van der Waals surface area contributed by atoms with Gasteiger partial charge in [-0.25, -0.2) is 17.7 Å². The third-order valence-corrected chi connectivity index (χ3v) is 6.28. The quantitative estimate of drug-likeness (QED) is 0.586. The van der Waals surface area contributed by atoms with Crippen LogP contribution in [0.2, 0.25) is 5.02 Å². The third-order valence-electron chi connectivity index (χ3n) is 4.10. The van der Waals surface area contributed by atoms with E-state index in [1.807, 2.05) is 4.90 Å². The summed E-state index contributed by atoms with van der Waals surface area (Å²) >= 11 is 6.09. The van der Waals surface area contributed by atoms with Gasteiger partial charge in [-0.3, -0.25) is 10.1 Å². The number of aromatic nitrogens is 1. The monoisotopic (exact) mass is 362 g/mol. The first-order chi connectivity index (χ1) is 10.8. The lowest BCUT2D eigenvalue weighted by Gasteiger charge is -2.36. The van der Waals surface area contributed by atoms with Gasteiger partial charge in [-0.1, -0.05) is 11.6 Å². The zero-order valence-electron chi connectivity index (χ0n) is 13.0. The highest BCUT2D eigenvalue weighted by atomic mass is 35.5. The predicted octanol–water partition coefficient (Wildman–Crippen LogP) is 1.89. The molecule has 1 fully saturated rings. The maximum absolute atomic E-state index is 11.9. The van der Waals surface area contributed by atoms with Crippen molar-refractivity contribution in [1.29, 1.82) is 0 Å². The molecule has 1 aliphatic heterocycles. The molecule has 0 bridgehead atoms. The molecule has 2 heterocycles.